The van der Waals surface area contributed by atoms with Gasteiger partial charge in [-0.05, 0) is 25.2 Å². The Morgan fingerprint density at radius 2 is 2.06 bits per heavy atom. The predicted molar refractivity (Wildman–Crippen MR) is 66.1 cm³/mol. The predicted octanol–water partition coefficient (Wildman–Crippen LogP) is 2.65. The van der Waals surface area contributed by atoms with Crippen LogP contribution in [0.3, 0.4) is 0 Å². The van der Waals surface area contributed by atoms with E-state index < -0.39 is 0 Å². The summed E-state index contributed by atoms with van der Waals surface area (Å²) in [6.45, 7) is 1.33. The van der Waals surface area contributed by atoms with E-state index in [1.807, 2.05) is 0 Å². The zero-order valence-electron chi connectivity index (χ0n) is 10.4. The standard InChI is InChI=1S/C14H22O2/c1-4-10-14(11-15-2,12-16-3)13-8-6-5-7-9-13/h1,6,8,13H,5,7,9-12H2,2-3H3. The number of allylic oxidation sites excluding steroid dienone is 2. The van der Waals surface area contributed by atoms with Crippen molar-refractivity contribution < 1.29 is 9.47 Å². The summed E-state index contributed by atoms with van der Waals surface area (Å²) in [6.07, 6.45) is 14.4. The fraction of sp³-hybridized carbons (Fsp3) is 0.714. The van der Waals surface area contributed by atoms with Gasteiger partial charge in [0.2, 0.25) is 0 Å². The molecule has 16 heavy (non-hydrogen) atoms. The van der Waals surface area contributed by atoms with Crippen molar-refractivity contribution >= 4 is 0 Å². The average Bonchev–Trinajstić information content (AvgIpc) is 2.31. The molecule has 1 aliphatic rings. The number of hydrogen-bond donors (Lipinski definition) is 0. The van der Waals surface area contributed by atoms with Crippen LogP contribution in [0.4, 0.5) is 0 Å². The van der Waals surface area contributed by atoms with Gasteiger partial charge in [-0.25, -0.2) is 0 Å². The van der Waals surface area contributed by atoms with E-state index in [2.05, 4.69) is 18.1 Å². The van der Waals surface area contributed by atoms with Gasteiger partial charge in [0.25, 0.3) is 0 Å². The van der Waals surface area contributed by atoms with E-state index in [4.69, 9.17) is 15.9 Å². The van der Waals surface area contributed by atoms with Crippen LogP contribution in [0.15, 0.2) is 12.2 Å². The van der Waals surface area contributed by atoms with Crippen LogP contribution in [-0.4, -0.2) is 27.4 Å². The minimum atomic E-state index is -0.0465. The summed E-state index contributed by atoms with van der Waals surface area (Å²) in [5, 5.41) is 0. The molecule has 0 bridgehead atoms. The molecule has 0 saturated carbocycles. The third-order valence-electron chi connectivity index (χ3n) is 3.36. The van der Waals surface area contributed by atoms with Gasteiger partial charge in [0, 0.05) is 26.1 Å². The first-order valence-corrected chi connectivity index (χ1v) is 5.87. The monoisotopic (exact) mass is 222 g/mol. The molecule has 0 aliphatic heterocycles. The van der Waals surface area contributed by atoms with E-state index >= 15 is 0 Å². The molecular formula is C14H22O2. The lowest BCUT2D eigenvalue weighted by atomic mass is 9.70. The number of methoxy groups -OCH3 is 2. The molecule has 1 unspecified atom stereocenters. The third kappa shape index (κ3) is 3.10. The molecule has 0 spiro atoms. The molecule has 2 nitrogen and oxygen atoms in total. The van der Waals surface area contributed by atoms with E-state index in [1.54, 1.807) is 14.2 Å². The molecular weight excluding hydrogens is 200 g/mol. The topological polar surface area (TPSA) is 18.5 Å². The van der Waals surface area contributed by atoms with Gasteiger partial charge in [-0.2, -0.15) is 0 Å². The highest BCUT2D eigenvalue weighted by Gasteiger charge is 2.37. The fourth-order valence-electron chi connectivity index (χ4n) is 2.59. The smallest absolute Gasteiger partial charge is 0.0555 e. The summed E-state index contributed by atoms with van der Waals surface area (Å²) < 4.78 is 10.7. The maximum Gasteiger partial charge on any atom is 0.0555 e. The first kappa shape index (κ1) is 13.3. The summed E-state index contributed by atoms with van der Waals surface area (Å²) in [6, 6.07) is 0. The van der Waals surface area contributed by atoms with Crippen LogP contribution in [-0.2, 0) is 9.47 Å². The Bertz CT molecular complexity index is 256. The van der Waals surface area contributed by atoms with Gasteiger partial charge in [0.05, 0.1) is 13.2 Å². The summed E-state index contributed by atoms with van der Waals surface area (Å²) in [5.41, 5.74) is -0.0465. The van der Waals surface area contributed by atoms with Gasteiger partial charge in [-0.15, -0.1) is 12.3 Å². The Hall–Kier alpha value is -0.780. The van der Waals surface area contributed by atoms with Gasteiger partial charge >= 0.3 is 0 Å². The molecule has 0 aromatic rings. The van der Waals surface area contributed by atoms with Crippen molar-refractivity contribution in [3.8, 4) is 12.3 Å². The van der Waals surface area contributed by atoms with Crippen molar-refractivity contribution in [1.29, 1.82) is 0 Å². The van der Waals surface area contributed by atoms with Crippen molar-refractivity contribution in [2.45, 2.75) is 25.7 Å². The normalized spacial score (nSPS) is 20.7. The fourth-order valence-corrected chi connectivity index (χ4v) is 2.59. The first-order chi connectivity index (χ1) is 7.79. The number of ether oxygens (including phenoxy) is 2. The highest BCUT2D eigenvalue weighted by molar-refractivity contribution is 5.06. The van der Waals surface area contributed by atoms with Crippen LogP contribution in [0.25, 0.3) is 0 Å². The highest BCUT2D eigenvalue weighted by atomic mass is 16.5. The first-order valence-electron chi connectivity index (χ1n) is 5.87. The molecule has 0 heterocycles. The maximum atomic E-state index is 5.50. The molecule has 0 amide bonds. The molecule has 0 saturated heterocycles. The lowest BCUT2D eigenvalue weighted by Gasteiger charge is -2.38. The minimum absolute atomic E-state index is 0.0465. The molecule has 0 N–H and O–H groups in total. The lowest BCUT2D eigenvalue weighted by molar-refractivity contribution is -0.0174. The quantitative estimate of drug-likeness (QED) is 0.508. The van der Waals surface area contributed by atoms with E-state index in [-0.39, 0.29) is 5.41 Å². The van der Waals surface area contributed by atoms with Crippen LogP contribution < -0.4 is 0 Å². The highest BCUT2D eigenvalue weighted by Crippen LogP contribution is 2.38. The van der Waals surface area contributed by atoms with Crippen LogP contribution >= 0.6 is 0 Å². The largest absolute Gasteiger partial charge is 0.384 e. The van der Waals surface area contributed by atoms with Gasteiger partial charge in [-0.3, -0.25) is 0 Å². The van der Waals surface area contributed by atoms with Crippen LogP contribution in [0, 0.1) is 23.7 Å². The van der Waals surface area contributed by atoms with Crippen LogP contribution in [0.5, 0.6) is 0 Å². The SMILES string of the molecule is C#CCC(COC)(COC)C1C=CCCC1. The summed E-state index contributed by atoms with van der Waals surface area (Å²) >= 11 is 0. The van der Waals surface area contributed by atoms with Crippen molar-refractivity contribution in [2.75, 3.05) is 27.4 Å². The molecule has 0 aromatic heterocycles. The molecule has 1 rings (SSSR count). The van der Waals surface area contributed by atoms with E-state index in [1.165, 1.54) is 19.3 Å². The van der Waals surface area contributed by atoms with Crippen molar-refractivity contribution in [1.82, 2.24) is 0 Å². The molecule has 1 atom stereocenters. The zero-order valence-corrected chi connectivity index (χ0v) is 10.4. The van der Waals surface area contributed by atoms with E-state index in [0.29, 0.717) is 25.6 Å². The Labute approximate surface area is 99.0 Å². The Kier molecular flexibility index (Phi) is 5.59. The molecule has 1 aliphatic carbocycles. The number of rotatable bonds is 6. The third-order valence-corrected chi connectivity index (χ3v) is 3.36. The summed E-state index contributed by atoms with van der Waals surface area (Å²) in [7, 11) is 3.46. The van der Waals surface area contributed by atoms with E-state index in [9.17, 15) is 0 Å². The molecule has 0 fully saturated rings. The Morgan fingerprint density at radius 1 is 1.38 bits per heavy atom. The molecule has 0 radical (unpaired) electrons. The second-order valence-electron chi connectivity index (χ2n) is 4.57. The maximum absolute atomic E-state index is 5.50. The second-order valence-corrected chi connectivity index (χ2v) is 4.57. The lowest BCUT2D eigenvalue weighted by Crippen LogP contribution is -2.39. The summed E-state index contributed by atoms with van der Waals surface area (Å²) in [4.78, 5) is 0. The number of hydrogen-bond acceptors (Lipinski definition) is 2. The van der Waals surface area contributed by atoms with Crippen LogP contribution in [0.2, 0.25) is 0 Å². The number of terminal acetylenes is 1. The molecule has 90 valence electrons. The molecule has 2 heteroatoms. The minimum Gasteiger partial charge on any atom is -0.384 e. The van der Waals surface area contributed by atoms with Crippen molar-refractivity contribution in [2.24, 2.45) is 11.3 Å². The van der Waals surface area contributed by atoms with Gasteiger partial charge in [-0.1, -0.05) is 12.2 Å². The second kappa shape index (κ2) is 6.73. The zero-order chi connectivity index (χ0) is 11.9. The van der Waals surface area contributed by atoms with E-state index in [0.717, 1.165) is 0 Å². The van der Waals surface area contributed by atoms with Crippen molar-refractivity contribution in [3.05, 3.63) is 12.2 Å². The van der Waals surface area contributed by atoms with Crippen LogP contribution in [0.1, 0.15) is 25.7 Å². The van der Waals surface area contributed by atoms with Gasteiger partial charge in [0.15, 0.2) is 0 Å². The Morgan fingerprint density at radius 3 is 2.50 bits per heavy atom. The Balaban J connectivity index is 2.84. The molecule has 0 aromatic carbocycles. The van der Waals surface area contributed by atoms with Gasteiger partial charge < -0.3 is 9.47 Å². The summed E-state index contributed by atoms with van der Waals surface area (Å²) in [5.74, 6) is 3.27. The van der Waals surface area contributed by atoms with Crippen molar-refractivity contribution in [3.63, 3.8) is 0 Å². The van der Waals surface area contributed by atoms with Gasteiger partial charge in [0.1, 0.15) is 0 Å². The average molecular weight is 222 g/mol.